The maximum Gasteiger partial charge on any atom is 0.322 e. The van der Waals surface area contributed by atoms with Crippen LogP contribution in [0.3, 0.4) is 0 Å². The molecule has 0 unspecified atom stereocenters. The summed E-state index contributed by atoms with van der Waals surface area (Å²) < 4.78 is 5.60. The molecule has 1 aliphatic heterocycles. The van der Waals surface area contributed by atoms with E-state index in [9.17, 15) is 19.5 Å². The van der Waals surface area contributed by atoms with Gasteiger partial charge in [0.25, 0.3) is 5.91 Å². The van der Waals surface area contributed by atoms with Crippen LogP contribution in [-0.4, -0.2) is 39.7 Å². The number of urea groups is 1. The first-order valence-electron chi connectivity index (χ1n) is 11.5. The molecule has 2 aromatic carbocycles. The molecule has 36 heavy (non-hydrogen) atoms. The predicted octanol–water partition coefficient (Wildman–Crippen LogP) is 2.73. The number of carbonyl (C=O) groups is 3. The lowest BCUT2D eigenvalue weighted by Crippen LogP contribution is -2.36. The molecule has 0 saturated carbocycles. The minimum Gasteiger partial charge on any atom is -0.422 e. The summed E-state index contributed by atoms with van der Waals surface area (Å²) in [5.74, 6) is 0.190. The summed E-state index contributed by atoms with van der Waals surface area (Å²) in [5.41, 5.74) is 2.43. The number of aromatic nitrogens is 2. The fraction of sp³-hybridized carbons (Fsp3) is 0.346. The summed E-state index contributed by atoms with van der Waals surface area (Å²) in [6.45, 7) is 7.45. The second-order valence-electron chi connectivity index (χ2n) is 9.31. The molecule has 10 heteroatoms. The first kappa shape index (κ1) is 26.6. The maximum atomic E-state index is 11.2. The van der Waals surface area contributed by atoms with Crippen LogP contribution < -0.4 is 16.0 Å². The van der Waals surface area contributed by atoms with Crippen molar-refractivity contribution in [3.8, 4) is 0 Å². The molecule has 4 rings (SSSR count). The minimum absolute atomic E-state index is 0.143. The lowest BCUT2D eigenvalue weighted by molar-refractivity contribution is -0.120. The third kappa shape index (κ3) is 7.22. The van der Waals surface area contributed by atoms with Crippen molar-refractivity contribution in [1.82, 2.24) is 26.1 Å². The van der Waals surface area contributed by atoms with Gasteiger partial charge in [-0.1, -0.05) is 74.0 Å². The molecule has 2 atom stereocenters. The molecule has 0 bridgehead atoms. The molecule has 0 aliphatic carbocycles. The van der Waals surface area contributed by atoms with Gasteiger partial charge in [-0.3, -0.25) is 14.9 Å². The molecule has 10 nitrogen and oxygen atoms in total. The van der Waals surface area contributed by atoms with Crippen LogP contribution in [0.2, 0.25) is 0 Å². The molecule has 2 heterocycles. The zero-order chi connectivity index (χ0) is 26.3. The number of aryl methyl sites for hydroxylation is 1. The van der Waals surface area contributed by atoms with Gasteiger partial charge in [-0.2, -0.15) is 0 Å². The van der Waals surface area contributed by atoms with E-state index in [0.29, 0.717) is 18.9 Å². The third-order valence-electron chi connectivity index (χ3n) is 5.59. The first-order valence-corrected chi connectivity index (χ1v) is 11.5. The van der Waals surface area contributed by atoms with E-state index in [2.05, 4.69) is 32.2 Å². The quantitative estimate of drug-likeness (QED) is 0.370. The average molecular weight is 494 g/mol. The van der Waals surface area contributed by atoms with E-state index in [4.69, 9.17) is 4.42 Å². The Hall–Kier alpha value is -4.05. The maximum absolute atomic E-state index is 11.2. The van der Waals surface area contributed by atoms with Crippen LogP contribution in [0, 0.1) is 12.3 Å². The Morgan fingerprint density at radius 2 is 1.86 bits per heavy atom. The van der Waals surface area contributed by atoms with E-state index >= 15 is 0 Å². The second kappa shape index (κ2) is 11.6. The zero-order valence-corrected chi connectivity index (χ0v) is 20.7. The Labute approximate surface area is 209 Å². The van der Waals surface area contributed by atoms with Crippen LogP contribution in [0.5, 0.6) is 0 Å². The number of benzene rings is 2. The van der Waals surface area contributed by atoms with E-state index < -0.39 is 23.6 Å². The monoisotopic (exact) mass is 493 g/mol. The molecule has 4 N–H and O–H groups in total. The normalized spacial score (nSPS) is 15.9. The van der Waals surface area contributed by atoms with Gasteiger partial charge in [0.15, 0.2) is 0 Å². The highest BCUT2D eigenvalue weighted by molar-refractivity contribution is 6.04. The number of carbonyl (C=O) groups excluding carboxylic acids is 3. The first-order chi connectivity index (χ1) is 17.0. The number of rotatable bonds is 7. The molecule has 190 valence electrons. The minimum atomic E-state index is -0.951. The Balaban J connectivity index is 0.000000233. The Morgan fingerprint density at radius 3 is 2.47 bits per heavy atom. The molecule has 1 fully saturated rings. The van der Waals surface area contributed by atoms with Crippen LogP contribution >= 0.6 is 0 Å². The van der Waals surface area contributed by atoms with Gasteiger partial charge in [-0.25, -0.2) is 4.79 Å². The van der Waals surface area contributed by atoms with Crippen molar-refractivity contribution in [3.05, 3.63) is 83.1 Å². The van der Waals surface area contributed by atoms with Crippen molar-refractivity contribution < 1.29 is 23.9 Å². The van der Waals surface area contributed by atoms with Crippen LogP contribution in [0.25, 0.3) is 0 Å². The van der Waals surface area contributed by atoms with Crippen LogP contribution in [0.4, 0.5) is 4.79 Å². The number of nitrogens with zero attached hydrogens (tertiary/aromatic N) is 2. The predicted molar refractivity (Wildman–Crippen MR) is 132 cm³/mol. The van der Waals surface area contributed by atoms with Crippen LogP contribution in [-0.2, 0) is 16.0 Å². The van der Waals surface area contributed by atoms with Crippen molar-refractivity contribution in [2.75, 3.05) is 6.54 Å². The molecule has 1 aromatic heterocycles. The molecule has 0 spiro atoms. The highest BCUT2D eigenvalue weighted by atomic mass is 16.4. The van der Waals surface area contributed by atoms with Crippen molar-refractivity contribution in [2.24, 2.45) is 5.41 Å². The fourth-order valence-electron chi connectivity index (χ4n) is 3.53. The number of aliphatic hydroxyl groups is 1. The number of aliphatic hydroxyl groups excluding tert-OH is 1. The number of nitrogens with one attached hydrogen (secondary N) is 3. The van der Waals surface area contributed by atoms with Crippen LogP contribution in [0.1, 0.15) is 61.4 Å². The van der Waals surface area contributed by atoms with E-state index in [1.54, 1.807) is 12.1 Å². The third-order valence-corrected chi connectivity index (χ3v) is 5.59. The van der Waals surface area contributed by atoms with Gasteiger partial charge < -0.3 is 20.2 Å². The Bertz CT molecular complexity index is 1210. The lowest BCUT2D eigenvalue weighted by Gasteiger charge is -2.28. The Kier molecular flexibility index (Phi) is 8.55. The average Bonchev–Trinajstić information content (AvgIpc) is 3.43. The highest BCUT2D eigenvalue weighted by Crippen LogP contribution is 2.32. The standard InChI is InChI=1S/C17H23N3O3.C9H8N2O2/c1-11-6-5-7-13(8-11)9-14-19-20-16(23-14)15(22)17(3,4)10-18-12(2)21;12-8-7(10-9(13)11-8)6-4-2-1-3-5-6/h5-8,15,22H,9-10H2,1-4H3,(H,18,21);1-5,7H,(H2,10,11,12,13)/t15-;7-/m00/s1. The summed E-state index contributed by atoms with van der Waals surface area (Å²) in [4.78, 5) is 33.0. The van der Waals surface area contributed by atoms with Crippen molar-refractivity contribution in [3.63, 3.8) is 0 Å². The molecule has 3 aromatic rings. The van der Waals surface area contributed by atoms with Gasteiger partial charge in [0.1, 0.15) is 12.1 Å². The zero-order valence-electron chi connectivity index (χ0n) is 20.7. The van der Waals surface area contributed by atoms with Gasteiger partial charge >= 0.3 is 6.03 Å². The number of hydrogen-bond donors (Lipinski definition) is 4. The van der Waals surface area contributed by atoms with E-state index in [0.717, 1.165) is 11.1 Å². The number of amides is 4. The lowest BCUT2D eigenvalue weighted by atomic mass is 9.86. The van der Waals surface area contributed by atoms with Gasteiger partial charge in [0, 0.05) is 18.9 Å². The molecule has 4 amide bonds. The second-order valence-corrected chi connectivity index (χ2v) is 9.31. The number of imide groups is 1. The largest absolute Gasteiger partial charge is 0.422 e. The van der Waals surface area contributed by atoms with Gasteiger partial charge in [0.05, 0.1) is 6.42 Å². The molecular weight excluding hydrogens is 462 g/mol. The summed E-state index contributed by atoms with van der Waals surface area (Å²) >= 11 is 0. The highest BCUT2D eigenvalue weighted by Gasteiger charge is 2.33. The summed E-state index contributed by atoms with van der Waals surface area (Å²) in [5, 5.41) is 25.8. The molecular formula is C26H31N5O5. The molecule has 1 saturated heterocycles. The molecule has 1 aliphatic rings. The van der Waals surface area contributed by atoms with Crippen molar-refractivity contribution in [2.45, 2.75) is 46.3 Å². The van der Waals surface area contributed by atoms with Gasteiger partial charge in [0.2, 0.25) is 17.7 Å². The fourth-order valence-corrected chi connectivity index (χ4v) is 3.53. The van der Waals surface area contributed by atoms with Crippen molar-refractivity contribution >= 4 is 17.8 Å². The smallest absolute Gasteiger partial charge is 0.322 e. The van der Waals surface area contributed by atoms with Crippen LogP contribution in [0.15, 0.2) is 59.0 Å². The number of hydrogen-bond acceptors (Lipinski definition) is 7. The summed E-state index contributed by atoms with van der Waals surface area (Å²) in [6.07, 6.45) is -0.429. The van der Waals surface area contributed by atoms with E-state index in [1.807, 2.05) is 57.2 Å². The summed E-state index contributed by atoms with van der Waals surface area (Å²) in [7, 11) is 0. The summed E-state index contributed by atoms with van der Waals surface area (Å²) in [6, 6.07) is 16.2. The molecule has 0 radical (unpaired) electrons. The topological polar surface area (TPSA) is 146 Å². The van der Waals surface area contributed by atoms with Gasteiger partial charge in [-0.15, -0.1) is 10.2 Å². The van der Waals surface area contributed by atoms with Crippen molar-refractivity contribution in [1.29, 1.82) is 0 Å². The van der Waals surface area contributed by atoms with E-state index in [1.165, 1.54) is 12.5 Å². The Morgan fingerprint density at radius 1 is 1.14 bits per heavy atom. The van der Waals surface area contributed by atoms with E-state index in [-0.39, 0.29) is 17.7 Å². The SMILES string of the molecule is CC(=O)NCC(C)(C)[C@@H](O)c1nnc(Cc2cccc(C)c2)o1.O=C1NC(=O)[C@H](c2ccccc2)N1. The van der Waals surface area contributed by atoms with Gasteiger partial charge in [-0.05, 0) is 18.1 Å².